The van der Waals surface area contributed by atoms with Crippen molar-refractivity contribution in [3.8, 4) is 0 Å². The number of likely N-dealkylation sites (tertiary alicyclic amines) is 1. The molecule has 0 aromatic carbocycles. The number of nitrogens with zero attached hydrogens (tertiary/aromatic N) is 2. The van der Waals surface area contributed by atoms with E-state index in [1.807, 2.05) is 12.1 Å². The Labute approximate surface area is 89.9 Å². The molecule has 1 aromatic heterocycles. The van der Waals surface area contributed by atoms with Gasteiger partial charge in [-0.2, -0.15) is 0 Å². The molecule has 0 N–H and O–H groups in total. The predicted octanol–water partition coefficient (Wildman–Crippen LogP) is 2.58. The summed E-state index contributed by atoms with van der Waals surface area (Å²) >= 11 is 5.98. The summed E-state index contributed by atoms with van der Waals surface area (Å²) in [4.78, 5) is 6.46. The fraction of sp³-hybridized carbons (Fsp3) is 0.545. The van der Waals surface area contributed by atoms with Crippen LogP contribution in [0.3, 0.4) is 0 Å². The van der Waals surface area contributed by atoms with Crippen LogP contribution >= 0.6 is 11.6 Å². The van der Waals surface area contributed by atoms with Crippen LogP contribution < -0.4 is 0 Å². The maximum absolute atomic E-state index is 5.98. The molecule has 2 rings (SSSR count). The summed E-state index contributed by atoms with van der Waals surface area (Å²) in [6, 6.07) is 3.98. The molecule has 0 unspecified atom stereocenters. The zero-order valence-corrected chi connectivity index (χ0v) is 9.38. The van der Waals surface area contributed by atoms with Gasteiger partial charge >= 0.3 is 0 Å². The monoisotopic (exact) mass is 210 g/mol. The molecule has 0 radical (unpaired) electrons. The Morgan fingerprint density at radius 1 is 1.50 bits per heavy atom. The second kappa shape index (κ2) is 3.52. The minimum atomic E-state index is 0.481. The Hall–Kier alpha value is -0.600. The van der Waals surface area contributed by atoms with Crippen LogP contribution in [0.15, 0.2) is 18.3 Å². The highest BCUT2D eigenvalue weighted by Gasteiger charge is 2.33. The zero-order chi connectivity index (χ0) is 10.2. The first kappa shape index (κ1) is 9.94. The molecule has 76 valence electrons. The molecule has 3 heteroatoms. The average molecular weight is 211 g/mol. The summed E-state index contributed by atoms with van der Waals surface area (Å²) in [5.74, 6) is 0. The minimum absolute atomic E-state index is 0.481. The van der Waals surface area contributed by atoms with Crippen LogP contribution in [0, 0.1) is 5.41 Å². The van der Waals surface area contributed by atoms with Crippen LogP contribution in [0.4, 0.5) is 0 Å². The van der Waals surface area contributed by atoms with Gasteiger partial charge in [-0.3, -0.25) is 4.90 Å². The summed E-state index contributed by atoms with van der Waals surface area (Å²) in [6.07, 6.45) is 1.73. The van der Waals surface area contributed by atoms with Crippen LogP contribution in [-0.2, 0) is 6.54 Å². The van der Waals surface area contributed by atoms with E-state index in [0.717, 1.165) is 25.2 Å². The highest BCUT2D eigenvalue weighted by Crippen LogP contribution is 2.30. The van der Waals surface area contributed by atoms with Crippen LogP contribution in [0.1, 0.15) is 19.4 Å². The Morgan fingerprint density at radius 2 is 2.21 bits per heavy atom. The molecular weight excluding hydrogens is 196 g/mol. The molecular formula is C11H15ClN2. The topological polar surface area (TPSA) is 16.1 Å². The molecule has 0 aliphatic carbocycles. The van der Waals surface area contributed by atoms with Crippen LogP contribution in [0.2, 0.25) is 5.15 Å². The predicted molar refractivity (Wildman–Crippen MR) is 58.3 cm³/mol. The quantitative estimate of drug-likeness (QED) is 0.698. The number of hydrogen-bond donors (Lipinski definition) is 0. The van der Waals surface area contributed by atoms with E-state index in [0.29, 0.717) is 10.6 Å². The van der Waals surface area contributed by atoms with Gasteiger partial charge in [0.2, 0.25) is 0 Å². The van der Waals surface area contributed by atoms with Crippen molar-refractivity contribution in [2.45, 2.75) is 20.4 Å². The van der Waals surface area contributed by atoms with Gasteiger partial charge in [-0.15, -0.1) is 0 Å². The molecule has 0 bridgehead atoms. The van der Waals surface area contributed by atoms with Crippen molar-refractivity contribution < 1.29 is 0 Å². The molecule has 0 atom stereocenters. The lowest BCUT2D eigenvalue weighted by Gasteiger charge is -2.46. The fourth-order valence-corrected chi connectivity index (χ4v) is 2.23. The van der Waals surface area contributed by atoms with Gasteiger partial charge in [-0.05, 0) is 11.5 Å². The zero-order valence-electron chi connectivity index (χ0n) is 8.63. The maximum atomic E-state index is 5.98. The van der Waals surface area contributed by atoms with E-state index in [-0.39, 0.29) is 0 Å². The summed E-state index contributed by atoms with van der Waals surface area (Å²) in [5, 5.41) is 0.636. The van der Waals surface area contributed by atoms with Gasteiger partial charge in [0.25, 0.3) is 0 Å². The molecule has 2 heterocycles. The Morgan fingerprint density at radius 3 is 2.79 bits per heavy atom. The number of pyridine rings is 1. The van der Waals surface area contributed by atoms with E-state index >= 15 is 0 Å². The molecule has 1 aliphatic rings. The van der Waals surface area contributed by atoms with Crippen molar-refractivity contribution in [3.63, 3.8) is 0 Å². The third-order valence-electron chi connectivity index (χ3n) is 2.53. The van der Waals surface area contributed by atoms with Crippen molar-refractivity contribution in [2.75, 3.05) is 13.1 Å². The molecule has 1 fully saturated rings. The van der Waals surface area contributed by atoms with Crippen molar-refractivity contribution in [3.05, 3.63) is 29.0 Å². The van der Waals surface area contributed by atoms with Crippen molar-refractivity contribution >= 4 is 11.6 Å². The lowest BCUT2D eigenvalue weighted by atomic mass is 9.84. The van der Waals surface area contributed by atoms with Crippen LogP contribution in [0.5, 0.6) is 0 Å². The molecule has 1 aliphatic heterocycles. The highest BCUT2D eigenvalue weighted by molar-refractivity contribution is 6.30. The maximum Gasteiger partial charge on any atom is 0.133 e. The second-order valence-corrected chi connectivity index (χ2v) is 5.12. The molecule has 2 nitrogen and oxygen atoms in total. The highest BCUT2D eigenvalue weighted by atomic mass is 35.5. The van der Waals surface area contributed by atoms with Gasteiger partial charge in [0.15, 0.2) is 0 Å². The lowest BCUT2D eigenvalue weighted by Crippen LogP contribution is -2.52. The molecule has 0 spiro atoms. The van der Waals surface area contributed by atoms with Gasteiger partial charge in [0.1, 0.15) is 5.15 Å². The fourth-order valence-electron chi connectivity index (χ4n) is 2.05. The van der Waals surface area contributed by atoms with E-state index in [4.69, 9.17) is 11.6 Å². The van der Waals surface area contributed by atoms with E-state index in [1.165, 1.54) is 0 Å². The van der Waals surface area contributed by atoms with Crippen molar-refractivity contribution in [1.29, 1.82) is 0 Å². The SMILES string of the molecule is CC1(C)CN(Cc2cccnc2Cl)C1. The van der Waals surface area contributed by atoms with Gasteiger partial charge in [0, 0.05) is 31.4 Å². The largest absolute Gasteiger partial charge is 0.298 e. The summed E-state index contributed by atoms with van der Waals surface area (Å²) in [7, 11) is 0. The minimum Gasteiger partial charge on any atom is -0.298 e. The Kier molecular flexibility index (Phi) is 2.50. The Balaban J connectivity index is 1.97. The van der Waals surface area contributed by atoms with E-state index < -0.39 is 0 Å². The normalized spacial score (nSPS) is 20.5. The second-order valence-electron chi connectivity index (χ2n) is 4.76. The van der Waals surface area contributed by atoms with Gasteiger partial charge in [0.05, 0.1) is 0 Å². The van der Waals surface area contributed by atoms with E-state index in [9.17, 15) is 0 Å². The molecule has 1 saturated heterocycles. The standard InChI is InChI=1S/C11H15ClN2/c1-11(2)7-14(8-11)6-9-4-3-5-13-10(9)12/h3-5H,6-8H2,1-2H3. The summed E-state index contributed by atoms with van der Waals surface area (Å²) in [6.45, 7) is 7.80. The third-order valence-corrected chi connectivity index (χ3v) is 2.87. The molecule has 0 saturated carbocycles. The van der Waals surface area contributed by atoms with Crippen LogP contribution in [0.25, 0.3) is 0 Å². The molecule has 0 amide bonds. The van der Waals surface area contributed by atoms with Crippen LogP contribution in [-0.4, -0.2) is 23.0 Å². The number of aromatic nitrogens is 1. The average Bonchev–Trinajstić information content (AvgIpc) is 2.05. The molecule has 14 heavy (non-hydrogen) atoms. The smallest absolute Gasteiger partial charge is 0.133 e. The lowest BCUT2D eigenvalue weighted by molar-refractivity contribution is 0.0242. The van der Waals surface area contributed by atoms with E-state index in [1.54, 1.807) is 6.20 Å². The first-order valence-electron chi connectivity index (χ1n) is 4.89. The van der Waals surface area contributed by atoms with Crippen molar-refractivity contribution in [1.82, 2.24) is 9.88 Å². The van der Waals surface area contributed by atoms with Gasteiger partial charge in [-0.1, -0.05) is 31.5 Å². The molecule has 1 aromatic rings. The van der Waals surface area contributed by atoms with Crippen molar-refractivity contribution in [2.24, 2.45) is 5.41 Å². The van der Waals surface area contributed by atoms with Gasteiger partial charge < -0.3 is 0 Å². The first-order valence-corrected chi connectivity index (χ1v) is 5.26. The number of hydrogen-bond acceptors (Lipinski definition) is 2. The van der Waals surface area contributed by atoms with E-state index in [2.05, 4.69) is 23.7 Å². The number of halogens is 1. The first-order chi connectivity index (χ1) is 6.57. The third kappa shape index (κ3) is 2.07. The van der Waals surface area contributed by atoms with Gasteiger partial charge in [-0.25, -0.2) is 4.98 Å². The Bertz CT molecular complexity index is 328. The summed E-state index contributed by atoms with van der Waals surface area (Å²) in [5.41, 5.74) is 1.61. The summed E-state index contributed by atoms with van der Waals surface area (Å²) < 4.78 is 0. The number of rotatable bonds is 2.